The van der Waals surface area contributed by atoms with Crippen LogP contribution in [0.25, 0.3) is 5.69 Å². The van der Waals surface area contributed by atoms with Gasteiger partial charge in [-0.25, -0.2) is 4.39 Å². The van der Waals surface area contributed by atoms with Gasteiger partial charge < -0.3 is 5.73 Å². The van der Waals surface area contributed by atoms with Gasteiger partial charge in [-0.15, -0.1) is 0 Å². The molecule has 4 nitrogen and oxygen atoms in total. The minimum absolute atomic E-state index is 0.273. The maximum Gasteiger partial charge on any atom is 0.223 e. The first-order chi connectivity index (χ1) is 6.68. The lowest BCUT2D eigenvalue weighted by molar-refractivity contribution is 0.625. The number of halogens is 1. The normalized spacial score (nSPS) is 10.4. The third-order valence-electron chi connectivity index (χ3n) is 1.96. The molecule has 1 aromatic heterocycles. The van der Waals surface area contributed by atoms with Crippen LogP contribution in [-0.2, 0) is 0 Å². The molecule has 1 heterocycles. The zero-order valence-corrected chi connectivity index (χ0v) is 7.61. The van der Waals surface area contributed by atoms with Gasteiger partial charge in [0.1, 0.15) is 12.1 Å². The van der Waals surface area contributed by atoms with Crippen LogP contribution in [0.15, 0.2) is 24.5 Å². The first kappa shape index (κ1) is 8.68. The van der Waals surface area contributed by atoms with Crippen LogP contribution in [0.4, 0.5) is 10.3 Å². The number of aromatic nitrogens is 3. The Hall–Kier alpha value is -1.91. The van der Waals surface area contributed by atoms with Crippen LogP contribution in [0.3, 0.4) is 0 Å². The molecule has 2 rings (SSSR count). The van der Waals surface area contributed by atoms with Crippen LogP contribution >= 0.6 is 0 Å². The molecule has 0 saturated carbocycles. The minimum atomic E-state index is -0.273. The lowest BCUT2D eigenvalue weighted by Gasteiger charge is -2.05. The van der Waals surface area contributed by atoms with Crippen LogP contribution in [0.1, 0.15) is 5.56 Å². The SMILES string of the molecule is Cc1cc(F)ccc1-n1ncnc1N. The predicted octanol–water partition coefficient (Wildman–Crippen LogP) is 1.30. The quantitative estimate of drug-likeness (QED) is 0.740. The van der Waals surface area contributed by atoms with Gasteiger partial charge >= 0.3 is 0 Å². The third kappa shape index (κ3) is 1.32. The van der Waals surface area contributed by atoms with E-state index in [4.69, 9.17) is 5.73 Å². The van der Waals surface area contributed by atoms with E-state index in [2.05, 4.69) is 10.1 Å². The van der Waals surface area contributed by atoms with Crippen molar-refractivity contribution in [1.82, 2.24) is 14.8 Å². The van der Waals surface area contributed by atoms with E-state index in [-0.39, 0.29) is 5.82 Å². The van der Waals surface area contributed by atoms with E-state index in [1.807, 2.05) is 0 Å². The van der Waals surface area contributed by atoms with Crippen molar-refractivity contribution in [2.45, 2.75) is 6.92 Å². The Labute approximate surface area is 80.2 Å². The smallest absolute Gasteiger partial charge is 0.223 e. The number of rotatable bonds is 1. The summed E-state index contributed by atoms with van der Waals surface area (Å²) in [5.74, 6) is 0.0182. The molecule has 5 heteroatoms. The molecule has 0 atom stereocenters. The number of nitrogen functional groups attached to an aromatic ring is 1. The van der Waals surface area contributed by atoms with Crippen molar-refractivity contribution in [2.75, 3.05) is 5.73 Å². The standard InChI is InChI=1S/C9H9FN4/c1-6-4-7(10)2-3-8(6)14-9(11)12-5-13-14/h2-5H,1H3,(H2,11,12,13). The van der Waals surface area contributed by atoms with Gasteiger partial charge in [-0.3, -0.25) is 0 Å². The van der Waals surface area contributed by atoms with Gasteiger partial charge in [0.2, 0.25) is 5.95 Å². The monoisotopic (exact) mass is 192 g/mol. The van der Waals surface area contributed by atoms with Crippen molar-refractivity contribution in [3.8, 4) is 5.69 Å². The van der Waals surface area contributed by atoms with E-state index in [1.54, 1.807) is 13.0 Å². The zero-order valence-electron chi connectivity index (χ0n) is 7.61. The van der Waals surface area contributed by atoms with Gasteiger partial charge in [-0.05, 0) is 30.7 Å². The lowest BCUT2D eigenvalue weighted by Crippen LogP contribution is -2.04. The molecule has 0 spiro atoms. The zero-order chi connectivity index (χ0) is 10.1. The van der Waals surface area contributed by atoms with Crippen molar-refractivity contribution in [2.24, 2.45) is 0 Å². The highest BCUT2D eigenvalue weighted by molar-refractivity contribution is 5.43. The molecule has 0 bridgehead atoms. The Balaban J connectivity index is 2.58. The summed E-state index contributed by atoms with van der Waals surface area (Å²) in [7, 11) is 0. The number of hydrogen-bond donors (Lipinski definition) is 1. The molecule has 1 aromatic carbocycles. The highest BCUT2D eigenvalue weighted by Gasteiger charge is 2.06. The van der Waals surface area contributed by atoms with Crippen molar-refractivity contribution in [3.63, 3.8) is 0 Å². The van der Waals surface area contributed by atoms with Gasteiger partial charge in [0.15, 0.2) is 0 Å². The molecule has 2 N–H and O–H groups in total. The summed E-state index contributed by atoms with van der Waals surface area (Å²) in [5, 5.41) is 3.93. The first-order valence-corrected chi connectivity index (χ1v) is 4.10. The van der Waals surface area contributed by atoms with E-state index >= 15 is 0 Å². The number of benzene rings is 1. The van der Waals surface area contributed by atoms with E-state index in [1.165, 1.54) is 23.1 Å². The number of aryl methyl sites for hydroxylation is 1. The summed E-state index contributed by atoms with van der Waals surface area (Å²) in [6, 6.07) is 4.41. The maximum atomic E-state index is 12.8. The van der Waals surface area contributed by atoms with E-state index < -0.39 is 0 Å². The van der Waals surface area contributed by atoms with Crippen LogP contribution in [0.2, 0.25) is 0 Å². The summed E-state index contributed by atoms with van der Waals surface area (Å²) in [6.45, 7) is 1.79. The second kappa shape index (κ2) is 3.10. The molecule has 0 unspecified atom stereocenters. The number of hydrogen-bond acceptors (Lipinski definition) is 3. The predicted molar refractivity (Wildman–Crippen MR) is 50.5 cm³/mol. The fourth-order valence-corrected chi connectivity index (χ4v) is 1.29. The Bertz CT molecular complexity index is 464. The molecule has 72 valence electrons. The van der Waals surface area contributed by atoms with E-state index in [0.29, 0.717) is 5.95 Å². The number of nitrogens with zero attached hydrogens (tertiary/aromatic N) is 3. The Morgan fingerprint density at radius 3 is 2.79 bits per heavy atom. The van der Waals surface area contributed by atoms with Crippen molar-refractivity contribution >= 4 is 5.95 Å². The Morgan fingerprint density at radius 2 is 2.21 bits per heavy atom. The Kier molecular flexibility index (Phi) is 1.92. The van der Waals surface area contributed by atoms with Gasteiger partial charge in [-0.1, -0.05) is 0 Å². The Morgan fingerprint density at radius 1 is 1.43 bits per heavy atom. The van der Waals surface area contributed by atoms with Crippen molar-refractivity contribution in [3.05, 3.63) is 35.9 Å². The van der Waals surface area contributed by atoms with Crippen LogP contribution in [0, 0.1) is 12.7 Å². The molecule has 0 aliphatic heterocycles. The average molecular weight is 192 g/mol. The highest BCUT2D eigenvalue weighted by Crippen LogP contribution is 2.15. The average Bonchev–Trinajstić information content (AvgIpc) is 2.52. The fraction of sp³-hybridized carbons (Fsp3) is 0.111. The van der Waals surface area contributed by atoms with Crippen LogP contribution in [0.5, 0.6) is 0 Å². The third-order valence-corrected chi connectivity index (χ3v) is 1.96. The van der Waals surface area contributed by atoms with Crippen LogP contribution in [-0.4, -0.2) is 14.8 Å². The molecular weight excluding hydrogens is 183 g/mol. The molecule has 14 heavy (non-hydrogen) atoms. The molecule has 0 radical (unpaired) electrons. The molecular formula is C9H9FN4. The molecule has 0 amide bonds. The summed E-state index contributed by atoms with van der Waals surface area (Å²) in [4.78, 5) is 3.79. The second-order valence-electron chi connectivity index (χ2n) is 2.96. The largest absolute Gasteiger partial charge is 0.368 e. The van der Waals surface area contributed by atoms with E-state index in [0.717, 1.165) is 11.3 Å². The van der Waals surface area contributed by atoms with Gasteiger partial charge in [0, 0.05) is 0 Å². The molecule has 0 aliphatic carbocycles. The summed E-state index contributed by atoms with van der Waals surface area (Å²) in [5.41, 5.74) is 7.08. The lowest BCUT2D eigenvalue weighted by atomic mass is 10.2. The molecule has 0 fully saturated rings. The van der Waals surface area contributed by atoms with Gasteiger partial charge in [0.05, 0.1) is 5.69 Å². The van der Waals surface area contributed by atoms with Crippen molar-refractivity contribution < 1.29 is 4.39 Å². The number of nitrogens with two attached hydrogens (primary N) is 1. The second-order valence-corrected chi connectivity index (χ2v) is 2.96. The summed E-state index contributed by atoms with van der Waals surface area (Å²) >= 11 is 0. The summed E-state index contributed by atoms with van der Waals surface area (Å²) < 4.78 is 14.3. The van der Waals surface area contributed by atoms with Gasteiger partial charge in [-0.2, -0.15) is 14.8 Å². The highest BCUT2D eigenvalue weighted by atomic mass is 19.1. The first-order valence-electron chi connectivity index (χ1n) is 4.10. The van der Waals surface area contributed by atoms with Crippen molar-refractivity contribution in [1.29, 1.82) is 0 Å². The van der Waals surface area contributed by atoms with E-state index in [9.17, 15) is 4.39 Å². The number of anilines is 1. The summed E-state index contributed by atoms with van der Waals surface area (Å²) in [6.07, 6.45) is 1.36. The molecule has 0 aliphatic rings. The topological polar surface area (TPSA) is 56.7 Å². The van der Waals surface area contributed by atoms with Crippen LogP contribution < -0.4 is 5.73 Å². The maximum absolute atomic E-state index is 12.8. The van der Waals surface area contributed by atoms with Gasteiger partial charge in [0.25, 0.3) is 0 Å². The molecule has 0 saturated heterocycles. The minimum Gasteiger partial charge on any atom is -0.368 e. The molecule has 2 aromatic rings. The fourth-order valence-electron chi connectivity index (χ4n) is 1.29.